The van der Waals surface area contributed by atoms with Crippen molar-refractivity contribution < 1.29 is 36.2 Å². The molecule has 2 nitrogen and oxygen atoms in total. The van der Waals surface area contributed by atoms with E-state index in [4.69, 9.17) is 9.84 Å². The molecule has 27 heavy (non-hydrogen) atoms. The number of rotatable bonds is 5. The minimum Gasteiger partial charge on any atom is -0.489 e. The van der Waals surface area contributed by atoms with Crippen LogP contribution in [0.3, 0.4) is 0 Å². The molecule has 0 unspecified atom stereocenters. The SMILES string of the molecule is C/C(=C\CO)c1cccc(COc2cc(C(F)(F)F)cc(C(F)(F)F)c2)c1. The van der Waals surface area contributed by atoms with Crippen LogP contribution in [0.1, 0.15) is 29.2 Å². The van der Waals surface area contributed by atoms with Crippen LogP contribution in [0.25, 0.3) is 5.57 Å². The molecule has 0 heterocycles. The van der Waals surface area contributed by atoms with Gasteiger partial charge in [-0.25, -0.2) is 0 Å². The number of aliphatic hydroxyl groups is 1. The average Bonchev–Trinajstić information content (AvgIpc) is 2.58. The third kappa shape index (κ3) is 5.75. The van der Waals surface area contributed by atoms with Gasteiger partial charge < -0.3 is 9.84 Å². The van der Waals surface area contributed by atoms with Gasteiger partial charge in [-0.2, -0.15) is 26.3 Å². The molecule has 0 spiro atoms. The maximum atomic E-state index is 12.9. The van der Waals surface area contributed by atoms with E-state index >= 15 is 0 Å². The molecule has 0 amide bonds. The zero-order valence-corrected chi connectivity index (χ0v) is 14.2. The highest BCUT2D eigenvalue weighted by atomic mass is 19.4. The van der Waals surface area contributed by atoms with Gasteiger partial charge in [-0.05, 0) is 47.9 Å². The lowest BCUT2D eigenvalue weighted by Gasteiger charge is -2.15. The topological polar surface area (TPSA) is 29.5 Å². The van der Waals surface area contributed by atoms with Gasteiger partial charge in [0.15, 0.2) is 0 Å². The largest absolute Gasteiger partial charge is 0.489 e. The lowest BCUT2D eigenvalue weighted by Crippen LogP contribution is -2.11. The molecule has 1 N–H and O–H groups in total. The maximum absolute atomic E-state index is 12.9. The van der Waals surface area contributed by atoms with E-state index in [0.717, 1.165) is 11.1 Å². The highest BCUT2D eigenvalue weighted by Gasteiger charge is 2.37. The van der Waals surface area contributed by atoms with Gasteiger partial charge in [0, 0.05) is 0 Å². The predicted octanol–water partition coefficient (Wildman–Crippen LogP) is 5.70. The summed E-state index contributed by atoms with van der Waals surface area (Å²) < 4.78 is 82.4. The van der Waals surface area contributed by atoms with Gasteiger partial charge in [0.05, 0.1) is 17.7 Å². The highest BCUT2D eigenvalue weighted by molar-refractivity contribution is 5.64. The summed E-state index contributed by atoms with van der Waals surface area (Å²) in [7, 11) is 0. The van der Waals surface area contributed by atoms with Crippen LogP contribution in [-0.4, -0.2) is 11.7 Å². The summed E-state index contributed by atoms with van der Waals surface area (Å²) in [6, 6.07) is 7.88. The number of halogens is 6. The van der Waals surface area contributed by atoms with Crippen molar-refractivity contribution in [2.75, 3.05) is 6.61 Å². The second-order valence-electron chi connectivity index (χ2n) is 5.80. The third-order valence-electron chi connectivity index (χ3n) is 3.75. The molecular formula is C19H16F6O2. The van der Waals surface area contributed by atoms with E-state index in [-0.39, 0.29) is 19.3 Å². The first-order chi connectivity index (χ1) is 12.5. The molecule has 0 aliphatic rings. The van der Waals surface area contributed by atoms with Gasteiger partial charge in [-0.3, -0.25) is 0 Å². The zero-order valence-electron chi connectivity index (χ0n) is 14.2. The second-order valence-corrected chi connectivity index (χ2v) is 5.80. The van der Waals surface area contributed by atoms with Gasteiger partial charge >= 0.3 is 12.4 Å². The summed E-state index contributed by atoms with van der Waals surface area (Å²) in [4.78, 5) is 0. The molecule has 146 valence electrons. The normalized spacial score (nSPS) is 13.0. The first kappa shape index (κ1) is 20.8. The van der Waals surface area contributed by atoms with Crippen LogP contribution in [0.15, 0.2) is 48.5 Å². The summed E-state index contributed by atoms with van der Waals surface area (Å²) in [5.74, 6) is -0.523. The van der Waals surface area contributed by atoms with Crippen LogP contribution >= 0.6 is 0 Å². The molecule has 0 fully saturated rings. The van der Waals surface area contributed by atoms with Crippen molar-refractivity contribution in [2.24, 2.45) is 0 Å². The van der Waals surface area contributed by atoms with E-state index in [2.05, 4.69) is 0 Å². The molecule has 0 bridgehead atoms. The Morgan fingerprint density at radius 1 is 0.963 bits per heavy atom. The molecule has 2 aromatic carbocycles. The minimum absolute atomic E-state index is 0.0521. The molecule has 0 saturated heterocycles. The van der Waals surface area contributed by atoms with Gasteiger partial charge in [-0.15, -0.1) is 0 Å². The van der Waals surface area contributed by atoms with E-state index in [1.807, 2.05) is 0 Å². The van der Waals surface area contributed by atoms with Crippen molar-refractivity contribution in [1.29, 1.82) is 0 Å². The summed E-state index contributed by atoms with van der Waals surface area (Å²) >= 11 is 0. The second kappa shape index (κ2) is 8.04. The minimum atomic E-state index is -4.93. The Morgan fingerprint density at radius 3 is 2.07 bits per heavy atom. The quantitative estimate of drug-likeness (QED) is 0.664. The fourth-order valence-electron chi connectivity index (χ4n) is 2.34. The molecular weight excluding hydrogens is 374 g/mol. The lowest BCUT2D eigenvalue weighted by atomic mass is 10.0. The number of hydrogen-bond acceptors (Lipinski definition) is 2. The van der Waals surface area contributed by atoms with Crippen LogP contribution in [0.4, 0.5) is 26.3 Å². The number of ether oxygens (including phenoxy) is 1. The molecule has 0 atom stereocenters. The monoisotopic (exact) mass is 390 g/mol. The van der Waals surface area contributed by atoms with E-state index < -0.39 is 29.2 Å². The van der Waals surface area contributed by atoms with Crippen molar-refractivity contribution in [3.05, 3.63) is 70.8 Å². The Bertz CT molecular complexity index is 789. The molecule has 2 aromatic rings. The average molecular weight is 390 g/mol. The van der Waals surface area contributed by atoms with E-state index in [1.165, 1.54) is 0 Å². The van der Waals surface area contributed by atoms with Crippen LogP contribution < -0.4 is 4.74 Å². The Balaban J connectivity index is 2.28. The molecule has 0 aliphatic carbocycles. The van der Waals surface area contributed by atoms with Crippen LogP contribution in [0.5, 0.6) is 5.75 Å². The Labute approximate surface area is 151 Å². The predicted molar refractivity (Wildman–Crippen MR) is 88.0 cm³/mol. The van der Waals surface area contributed by atoms with Gasteiger partial charge in [0.25, 0.3) is 0 Å². The zero-order chi connectivity index (χ0) is 20.2. The maximum Gasteiger partial charge on any atom is 0.416 e. The summed E-state index contributed by atoms with van der Waals surface area (Å²) in [5.41, 5.74) is -0.766. The van der Waals surface area contributed by atoms with Crippen molar-refractivity contribution >= 4 is 5.57 Å². The fourth-order valence-corrected chi connectivity index (χ4v) is 2.34. The van der Waals surface area contributed by atoms with E-state index in [0.29, 0.717) is 17.7 Å². The van der Waals surface area contributed by atoms with E-state index in [9.17, 15) is 26.3 Å². The Hall–Kier alpha value is -2.48. The number of allylic oxidation sites excluding steroid dienone is 1. The standard InChI is InChI=1S/C19H16F6O2/c1-12(5-6-26)14-4-2-3-13(7-14)11-27-17-9-15(18(20,21)22)8-16(10-17)19(23,24)25/h2-5,7-10,26H,6,11H2,1H3/b12-5+. The fraction of sp³-hybridized carbons (Fsp3) is 0.263. The van der Waals surface area contributed by atoms with Gasteiger partial charge in [0.2, 0.25) is 0 Å². The number of benzene rings is 2. The highest BCUT2D eigenvalue weighted by Crippen LogP contribution is 2.38. The summed E-state index contributed by atoms with van der Waals surface area (Å²) in [6.07, 6.45) is -8.28. The van der Waals surface area contributed by atoms with Gasteiger partial charge in [-0.1, -0.05) is 24.3 Å². The first-order valence-corrected chi connectivity index (χ1v) is 7.80. The van der Waals surface area contributed by atoms with Crippen LogP contribution in [0, 0.1) is 0 Å². The summed E-state index contributed by atoms with van der Waals surface area (Å²) in [5, 5.41) is 8.92. The van der Waals surface area contributed by atoms with Crippen molar-refractivity contribution in [2.45, 2.75) is 25.9 Å². The molecule has 2 rings (SSSR count). The number of alkyl halides is 6. The van der Waals surface area contributed by atoms with Crippen molar-refractivity contribution in [3.8, 4) is 5.75 Å². The summed E-state index contributed by atoms with van der Waals surface area (Å²) in [6.45, 7) is 1.40. The van der Waals surface area contributed by atoms with Crippen molar-refractivity contribution in [3.63, 3.8) is 0 Å². The molecule has 0 aliphatic heterocycles. The Kier molecular flexibility index (Phi) is 6.20. The smallest absolute Gasteiger partial charge is 0.416 e. The molecule has 0 saturated carbocycles. The van der Waals surface area contributed by atoms with Crippen LogP contribution in [0.2, 0.25) is 0 Å². The first-order valence-electron chi connectivity index (χ1n) is 7.80. The molecule has 0 aromatic heterocycles. The van der Waals surface area contributed by atoms with Crippen LogP contribution in [-0.2, 0) is 19.0 Å². The molecule has 8 heteroatoms. The van der Waals surface area contributed by atoms with E-state index in [1.54, 1.807) is 37.3 Å². The number of aliphatic hydroxyl groups excluding tert-OH is 1. The van der Waals surface area contributed by atoms with Crippen molar-refractivity contribution in [1.82, 2.24) is 0 Å². The Morgan fingerprint density at radius 2 is 1.56 bits per heavy atom. The third-order valence-corrected chi connectivity index (χ3v) is 3.75. The van der Waals surface area contributed by atoms with Gasteiger partial charge in [0.1, 0.15) is 12.4 Å². The lowest BCUT2D eigenvalue weighted by molar-refractivity contribution is -0.143. The number of hydrogen-bond donors (Lipinski definition) is 1. The molecule has 0 radical (unpaired) electrons.